The van der Waals surface area contributed by atoms with Crippen molar-refractivity contribution >= 4 is 44.6 Å². The second-order valence-electron chi connectivity index (χ2n) is 13.9. The number of hydrogen-bond acceptors (Lipinski definition) is 8. The molecule has 2 aliphatic heterocycles. The number of carbonyl (C=O) groups is 4. The van der Waals surface area contributed by atoms with Gasteiger partial charge < -0.3 is 25.7 Å². The van der Waals surface area contributed by atoms with Crippen LogP contribution in [0.15, 0.2) is 59.6 Å². The number of benzene rings is 2. The molecule has 2 fully saturated rings. The van der Waals surface area contributed by atoms with Crippen molar-refractivity contribution < 1.29 is 36.6 Å². The predicted octanol–water partition coefficient (Wildman–Crippen LogP) is 3.41. The molecule has 3 heterocycles. The lowest BCUT2D eigenvalue weighted by molar-refractivity contribution is -0.147. The average Bonchev–Trinajstić information content (AvgIpc) is 3.50. The number of hydrogen-bond donors (Lipinski definition) is 3. The minimum atomic E-state index is -3.90. The molecule has 0 radical (unpaired) electrons. The van der Waals surface area contributed by atoms with E-state index < -0.39 is 52.0 Å². The van der Waals surface area contributed by atoms with E-state index >= 15 is 0 Å². The largest absolute Gasteiger partial charge is 0.417 e. The van der Waals surface area contributed by atoms with E-state index in [-0.39, 0.29) is 36.2 Å². The van der Waals surface area contributed by atoms with Gasteiger partial charge in [0.2, 0.25) is 23.6 Å². The van der Waals surface area contributed by atoms with E-state index in [9.17, 15) is 27.6 Å². The maximum Gasteiger partial charge on any atom is 0.296 e. The van der Waals surface area contributed by atoms with Crippen molar-refractivity contribution in [2.24, 2.45) is 5.92 Å². The van der Waals surface area contributed by atoms with Crippen molar-refractivity contribution in [3.05, 3.63) is 65.9 Å². The van der Waals surface area contributed by atoms with Crippen molar-refractivity contribution in [3.63, 3.8) is 0 Å². The lowest BCUT2D eigenvalue weighted by Crippen LogP contribution is -2.64. The number of carbonyl (C=O) groups excluding carboxylic acids is 4. The number of aromatic nitrogens is 1. The first kappa shape index (κ1) is 38.8. The second-order valence-corrected chi connectivity index (χ2v) is 15.5. The Kier molecular flexibility index (Phi) is 13.0. The van der Waals surface area contributed by atoms with Gasteiger partial charge in [0.05, 0.1) is 17.0 Å². The molecule has 2 aliphatic rings. The van der Waals surface area contributed by atoms with Crippen LogP contribution in [0, 0.1) is 12.8 Å². The summed E-state index contributed by atoms with van der Waals surface area (Å²) in [6.45, 7) is 6.05. The topological polar surface area (TPSA) is 165 Å². The van der Waals surface area contributed by atoms with Crippen LogP contribution in [-0.4, -0.2) is 86.1 Å². The van der Waals surface area contributed by atoms with Crippen LogP contribution in [0.2, 0.25) is 0 Å². The molecule has 0 unspecified atom stereocenters. The third-order valence-electron chi connectivity index (χ3n) is 10.2. The number of nitrogens with zero attached hydrogens (tertiary/aromatic N) is 2. The van der Waals surface area contributed by atoms with Crippen molar-refractivity contribution in [3.8, 4) is 0 Å². The SMILES string of the molecule is CC[C@@H](C)[C@@H]1NC(=O)[C@H](Cc2cn(OC)c3ccccc23)NC(=O)[C@H](CCCCCOS(=O)(=O)c2ccc(C)cc2)NC(=O)[C@H]2CCCCN2C1=O. The number of nitrogens with one attached hydrogen (secondary N) is 3. The molecule has 13 nitrogen and oxygen atoms in total. The summed E-state index contributed by atoms with van der Waals surface area (Å²) in [7, 11) is -2.36. The highest BCUT2D eigenvalue weighted by molar-refractivity contribution is 7.86. The molecule has 4 amide bonds. The van der Waals surface area contributed by atoms with Gasteiger partial charge in [-0.25, -0.2) is 0 Å². The Balaban J connectivity index is 1.36. The van der Waals surface area contributed by atoms with E-state index in [2.05, 4.69) is 16.0 Å². The molecule has 1 aromatic heterocycles. The molecule has 52 heavy (non-hydrogen) atoms. The van der Waals surface area contributed by atoms with Gasteiger partial charge in [-0.3, -0.25) is 23.4 Å². The van der Waals surface area contributed by atoms with Crippen LogP contribution < -0.4 is 20.8 Å². The maximum atomic E-state index is 14.1. The van der Waals surface area contributed by atoms with Crippen molar-refractivity contribution in [2.45, 2.75) is 108 Å². The monoisotopic (exact) mass is 737 g/mol. The van der Waals surface area contributed by atoms with Gasteiger partial charge in [-0.15, -0.1) is 0 Å². The van der Waals surface area contributed by atoms with Crippen LogP contribution in [0.3, 0.4) is 0 Å². The average molecular weight is 738 g/mol. The highest BCUT2D eigenvalue weighted by Crippen LogP contribution is 2.25. The van der Waals surface area contributed by atoms with Gasteiger partial charge in [0, 0.05) is 24.5 Å². The summed E-state index contributed by atoms with van der Waals surface area (Å²) in [6.07, 6.45) is 6.06. The summed E-state index contributed by atoms with van der Waals surface area (Å²) in [6, 6.07) is 10.3. The van der Waals surface area contributed by atoms with Crippen molar-refractivity contribution in [2.75, 3.05) is 20.3 Å². The van der Waals surface area contributed by atoms with Gasteiger partial charge in [-0.1, -0.05) is 69.0 Å². The number of rotatable bonds is 13. The molecule has 2 aromatic carbocycles. The normalized spacial score (nSPS) is 22.4. The van der Waals surface area contributed by atoms with Gasteiger partial charge in [-0.05, 0) is 68.7 Å². The van der Waals surface area contributed by atoms with E-state index in [4.69, 9.17) is 9.02 Å². The molecular weight excluding hydrogens is 687 g/mol. The number of amides is 4. The van der Waals surface area contributed by atoms with Gasteiger partial charge >= 0.3 is 0 Å². The molecule has 14 heteroatoms. The molecular formula is C38H51N5O8S. The lowest BCUT2D eigenvalue weighted by Gasteiger charge is -2.39. The first-order valence-electron chi connectivity index (χ1n) is 18.2. The van der Waals surface area contributed by atoms with E-state index in [1.54, 1.807) is 35.1 Å². The van der Waals surface area contributed by atoms with Crippen LogP contribution >= 0.6 is 0 Å². The van der Waals surface area contributed by atoms with Gasteiger partial charge in [0.1, 0.15) is 31.3 Å². The second kappa shape index (κ2) is 17.4. The highest BCUT2D eigenvalue weighted by Gasteiger charge is 2.41. The van der Waals surface area contributed by atoms with Gasteiger partial charge in [-0.2, -0.15) is 13.1 Å². The molecule has 0 spiro atoms. The zero-order valence-corrected chi connectivity index (χ0v) is 31.2. The summed E-state index contributed by atoms with van der Waals surface area (Å²) >= 11 is 0. The summed E-state index contributed by atoms with van der Waals surface area (Å²) < 4.78 is 32.0. The Labute approximate surface area is 305 Å². The third kappa shape index (κ3) is 9.13. The zero-order valence-electron chi connectivity index (χ0n) is 30.4. The van der Waals surface area contributed by atoms with E-state index in [0.717, 1.165) is 34.9 Å². The number of para-hydroxylation sites is 1. The fourth-order valence-corrected chi connectivity index (χ4v) is 7.87. The van der Waals surface area contributed by atoms with Crippen LogP contribution in [-0.2, 0) is 39.9 Å². The van der Waals surface area contributed by atoms with Crippen LogP contribution in [0.4, 0.5) is 0 Å². The number of fused-ring (bicyclic) bond motifs is 2. The first-order chi connectivity index (χ1) is 24.9. The Morgan fingerprint density at radius 1 is 0.885 bits per heavy atom. The van der Waals surface area contributed by atoms with E-state index in [1.165, 1.54) is 12.1 Å². The summed E-state index contributed by atoms with van der Waals surface area (Å²) in [5.41, 5.74) is 2.49. The van der Waals surface area contributed by atoms with Gasteiger partial charge in [0.15, 0.2) is 0 Å². The quantitative estimate of drug-likeness (QED) is 0.178. The van der Waals surface area contributed by atoms with Crippen LogP contribution in [0.5, 0.6) is 0 Å². The summed E-state index contributed by atoms with van der Waals surface area (Å²) in [5.74, 6) is -1.94. The lowest BCUT2D eigenvalue weighted by atomic mass is 9.93. The maximum absolute atomic E-state index is 14.1. The fourth-order valence-electron chi connectivity index (χ4n) is 6.92. The summed E-state index contributed by atoms with van der Waals surface area (Å²) in [4.78, 5) is 63.4. The fraction of sp³-hybridized carbons (Fsp3) is 0.526. The zero-order chi connectivity index (χ0) is 37.4. The molecule has 2 saturated heterocycles. The molecule has 0 saturated carbocycles. The molecule has 5 atom stereocenters. The standard InChI is InChI=1S/C38H51N5O8S/c1-5-26(3)34-38(47)42-21-11-10-16-33(42)37(46)39-30(14-7-6-12-22-51-52(48,49)28-19-17-25(2)18-20-28)35(44)40-31(36(45)41-34)23-27-24-43(50-4)32-15-9-8-13-29(27)32/h8-9,13,15,17-20,24,26,30-31,33-34H,5-7,10-12,14,16,21-23H2,1-4H3,(H,39,46)(H,40,44)(H,41,45)/t26-,30+,31+,33-,34+/m1/s1. The van der Waals surface area contributed by atoms with Crippen LogP contribution in [0.1, 0.15) is 76.3 Å². The minimum Gasteiger partial charge on any atom is -0.417 e. The Hall–Kier alpha value is -4.43. The van der Waals surface area contributed by atoms with E-state index in [1.807, 2.05) is 45.0 Å². The smallest absolute Gasteiger partial charge is 0.296 e. The Bertz CT molecular complexity index is 1840. The Morgan fingerprint density at radius 2 is 1.60 bits per heavy atom. The van der Waals surface area contributed by atoms with Crippen molar-refractivity contribution in [1.82, 2.24) is 25.6 Å². The summed E-state index contributed by atoms with van der Waals surface area (Å²) in [5, 5.41) is 9.65. The molecule has 3 N–H and O–H groups in total. The molecule has 5 rings (SSSR count). The van der Waals surface area contributed by atoms with Crippen LogP contribution in [0.25, 0.3) is 10.9 Å². The molecule has 0 aliphatic carbocycles. The van der Waals surface area contributed by atoms with Gasteiger partial charge in [0.25, 0.3) is 10.1 Å². The molecule has 282 valence electrons. The number of piperidine rings is 1. The third-order valence-corrected chi connectivity index (χ3v) is 11.5. The van der Waals surface area contributed by atoms with Crippen molar-refractivity contribution in [1.29, 1.82) is 0 Å². The first-order valence-corrected chi connectivity index (χ1v) is 19.7. The highest BCUT2D eigenvalue weighted by atomic mass is 32.2. The van der Waals surface area contributed by atoms with E-state index in [0.29, 0.717) is 38.6 Å². The number of aryl methyl sites for hydroxylation is 1. The number of unbranched alkanes of at least 4 members (excludes halogenated alkanes) is 2. The predicted molar refractivity (Wildman–Crippen MR) is 196 cm³/mol. The molecule has 0 bridgehead atoms. The molecule has 3 aromatic rings. The Morgan fingerprint density at radius 3 is 2.33 bits per heavy atom. The minimum absolute atomic E-state index is 0.0345.